The molecule has 1 aromatic carbocycles. The number of nitrogens with zero attached hydrogens (tertiary/aromatic N) is 3. The van der Waals surface area contributed by atoms with Crippen LogP contribution < -0.4 is 9.47 Å². The summed E-state index contributed by atoms with van der Waals surface area (Å²) in [7, 11) is 1.93. The van der Waals surface area contributed by atoms with E-state index in [0.717, 1.165) is 44.3 Å². The standard InChI is InChI=1S/C22H23FN3S2/c1-5-25-13-8-7-10-16(25)14-19-26(6-2)15(3)21(28-19)22-24(4)20-17(23)11-9-12-18(20)27-22/h7-14H,3,5-6H2,1-2,4H3/q+1. The van der Waals surface area contributed by atoms with Crippen molar-refractivity contribution < 1.29 is 8.96 Å². The monoisotopic (exact) mass is 412 g/mol. The lowest BCUT2D eigenvalue weighted by Crippen LogP contribution is -2.35. The molecule has 144 valence electrons. The number of halogens is 1. The van der Waals surface area contributed by atoms with E-state index in [-0.39, 0.29) is 5.82 Å². The largest absolute Gasteiger partial charge is 0.335 e. The van der Waals surface area contributed by atoms with Gasteiger partial charge in [-0.1, -0.05) is 36.2 Å². The van der Waals surface area contributed by atoms with Crippen LogP contribution in [-0.2, 0) is 6.54 Å². The number of fused-ring (bicyclic) bond motifs is 1. The minimum absolute atomic E-state index is 0.187. The Hall–Kier alpha value is -2.18. The van der Waals surface area contributed by atoms with Crippen LogP contribution in [-0.4, -0.2) is 18.5 Å². The van der Waals surface area contributed by atoms with Crippen molar-refractivity contribution in [2.45, 2.75) is 25.3 Å². The zero-order valence-corrected chi connectivity index (χ0v) is 17.9. The van der Waals surface area contributed by atoms with Crippen LogP contribution in [0.3, 0.4) is 0 Å². The molecule has 0 aliphatic carbocycles. The number of hydrogen-bond donors (Lipinski definition) is 0. The van der Waals surface area contributed by atoms with E-state index < -0.39 is 0 Å². The van der Waals surface area contributed by atoms with E-state index in [1.807, 2.05) is 24.1 Å². The topological polar surface area (TPSA) is 10.4 Å². The van der Waals surface area contributed by atoms with Crippen molar-refractivity contribution in [2.24, 2.45) is 0 Å². The van der Waals surface area contributed by atoms with Crippen molar-refractivity contribution in [3.8, 4) is 0 Å². The third kappa shape index (κ3) is 3.14. The molecule has 1 fully saturated rings. The fourth-order valence-electron chi connectivity index (χ4n) is 3.51. The SMILES string of the molecule is C=C1C(=C2Sc3cccc(F)c3N2C)SC(=Cc2cccc[n+]2CC)N1CC. The van der Waals surface area contributed by atoms with E-state index >= 15 is 0 Å². The van der Waals surface area contributed by atoms with Crippen LogP contribution >= 0.6 is 23.5 Å². The first-order valence-electron chi connectivity index (χ1n) is 9.34. The molecule has 3 heterocycles. The summed E-state index contributed by atoms with van der Waals surface area (Å²) >= 11 is 3.32. The number of rotatable bonds is 3. The van der Waals surface area contributed by atoms with Gasteiger partial charge in [-0.15, -0.1) is 0 Å². The number of likely N-dealkylation sites (N-methyl/N-ethyl adjacent to an activating group) is 1. The van der Waals surface area contributed by atoms with Crippen LogP contribution in [0, 0.1) is 5.82 Å². The molecular weight excluding hydrogens is 389 g/mol. The van der Waals surface area contributed by atoms with Gasteiger partial charge in [-0.05, 0) is 32.0 Å². The molecule has 28 heavy (non-hydrogen) atoms. The van der Waals surface area contributed by atoms with Crippen molar-refractivity contribution in [1.82, 2.24) is 4.90 Å². The van der Waals surface area contributed by atoms with Crippen molar-refractivity contribution in [3.63, 3.8) is 0 Å². The van der Waals surface area contributed by atoms with Gasteiger partial charge in [-0.2, -0.15) is 4.57 Å². The average molecular weight is 413 g/mol. The molecule has 2 aromatic rings. The van der Waals surface area contributed by atoms with E-state index in [2.05, 4.69) is 54.3 Å². The van der Waals surface area contributed by atoms with Crippen molar-refractivity contribution in [2.75, 3.05) is 18.5 Å². The molecule has 0 saturated carbocycles. The van der Waals surface area contributed by atoms with E-state index in [0.29, 0.717) is 5.69 Å². The van der Waals surface area contributed by atoms with Gasteiger partial charge in [0.05, 0.1) is 26.3 Å². The van der Waals surface area contributed by atoms with Crippen LogP contribution in [0.1, 0.15) is 19.5 Å². The summed E-state index contributed by atoms with van der Waals surface area (Å²) in [6.07, 6.45) is 4.31. The molecular formula is C22H23FN3S2+. The van der Waals surface area contributed by atoms with Crippen LogP contribution in [0.2, 0.25) is 0 Å². The third-order valence-electron chi connectivity index (χ3n) is 4.96. The van der Waals surface area contributed by atoms with Gasteiger partial charge in [0.1, 0.15) is 12.4 Å². The predicted octanol–water partition coefficient (Wildman–Crippen LogP) is 5.43. The number of anilines is 1. The summed E-state index contributed by atoms with van der Waals surface area (Å²) in [6, 6.07) is 11.5. The van der Waals surface area contributed by atoms with Gasteiger partial charge < -0.3 is 9.80 Å². The summed E-state index contributed by atoms with van der Waals surface area (Å²) in [5.74, 6) is -0.187. The van der Waals surface area contributed by atoms with Crippen molar-refractivity contribution in [1.29, 1.82) is 0 Å². The fourth-order valence-corrected chi connectivity index (χ4v) is 6.07. The van der Waals surface area contributed by atoms with Gasteiger partial charge in [0.25, 0.3) is 0 Å². The molecule has 0 bridgehead atoms. The van der Waals surface area contributed by atoms with E-state index in [4.69, 9.17) is 0 Å². The molecule has 1 aromatic heterocycles. The number of benzene rings is 1. The molecule has 0 spiro atoms. The first-order chi connectivity index (χ1) is 13.5. The summed E-state index contributed by atoms with van der Waals surface area (Å²) in [4.78, 5) is 6.23. The summed E-state index contributed by atoms with van der Waals surface area (Å²) in [6.45, 7) is 10.4. The molecule has 1 saturated heterocycles. The molecule has 6 heteroatoms. The van der Waals surface area contributed by atoms with Crippen molar-refractivity contribution >= 4 is 35.3 Å². The Balaban J connectivity index is 1.76. The fraction of sp³-hybridized carbons (Fsp3) is 0.227. The maximum absolute atomic E-state index is 14.4. The summed E-state index contributed by atoms with van der Waals surface area (Å²) in [5.41, 5.74) is 2.78. The maximum atomic E-state index is 14.4. The molecule has 0 amide bonds. The smallest absolute Gasteiger partial charge is 0.207 e. The summed E-state index contributed by atoms with van der Waals surface area (Å²) in [5, 5.41) is 2.18. The summed E-state index contributed by atoms with van der Waals surface area (Å²) < 4.78 is 16.6. The lowest BCUT2D eigenvalue weighted by Gasteiger charge is -2.19. The van der Waals surface area contributed by atoms with Gasteiger partial charge >= 0.3 is 0 Å². The number of thioether (sulfide) groups is 2. The molecule has 3 nitrogen and oxygen atoms in total. The normalized spacial score (nSPS) is 20.4. The van der Waals surface area contributed by atoms with Gasteiger partial charge in [-0.3, -0.25) is 0 Å². The first-order valence-corrected chi connectivity index (χ1v) is 11.0. The Morgan fingerprint density at radius 1 is 1.14 bits per heavy atom. The second-order valence-electron chi connectivity index (χ2n) is 6.57. The van der Waals surface area contributed by atoms with Gasteiger partial charge in [0.2, 0.25) is 5.69 Å². The van der Waals surface area contributed by atoms with Crippen LogP contribution in [0.5, 0.6) is 0 Å². The lowest BCUT2D eigenvalue weighted by molar-refractivity contribution is -0.695. The van der Waals surface area contributed by atoms with E-state index in [1.54, 1.807) is 29.6 Å². The Kier molecular flexibility index (Phi) is 5.25. The molecule has 2 aliphatic heterocycles. The molecule has 0 radical (unpaired) electrons. The molecule has 0 atom stereocenters. The predicted molar refractivity (Wildman–Crippen MR) is 117 cm³/mol. The van der Waals surface area contributed by atoms with E-state index in [1.165, 1.54) is 6.07 Å². The van der Waals surface area contributed by atoms with Crippen LogP contribution in [0.15, 0.2) is 74.7 Å². The van der Waals surface area contributed by atoms with Crippen LogP contribution in [0.4, 0.5) is 10.1 Å². The average Bonchev–Trinajstić information content (AvgIpc) is 3.19. The van der Waals surface area contributed by atoms with Gasteiger partial charge in [0, 0.05) is 36.7 Å². The van der Waals surface area contributed by atoms with E-state index in [9.17, 15) is 4.39 Å². The highest BCUT2D eigenvalue weighted by atomic mass is 32.2. The Morgan fingerprint density at radius 3 is 2.68 bits per heavy atom. The molecule has 0 unspecified atom stereocenters. The Bertz CT molecular complexity index is 1010. The highest BCUT2D eigenvalue weighted by Gasteiger charge is 2.35. The third-order valence-corrected chi connectivity index (χ3v) is 7.49. The zero-order valence-electron chi connectivity index (χ0n) is 16.3. The lowest BCUT2D eigenvalue weighted by atomic mass is 10.3. The number of aromatic nitrogens is 1. The number of pyridine rings is 1. The Morgan fingerprint density at radius 2 is 1.96 bits per heavy atom. The van der Waals surface area contributed by atoms with Gasteiger partial charge in [0.15, 0.2) is 6.20 Å². The first kappa shape index (κ1) is 19.2. The molecule has 2 aliphatic rings. The maximum Gasteiger partial charge on any atom is 0.207 e. The van der Waals surface area contributed by atoms with Gasteiger partial charge in [-0.25, -0.2) is 4.39 Å². The highest BCUT2D eigenvalue weighted by Crippen LogP contribution is 2.54. The van der Waals surface area contributed by atoms with Crippen LogP contribution in [0.25, 0.3) is 6.08 Å². The van der Waals surface area contributed by atoms with Crippen molar-refractivity contribution in [3.05, 3.63) is 81.3 Å². The molecule has 4 rings (SSSR count). The second-order valence-corrected chi connectivity index (χ2v) is 8.63. The minimum Gasteiger partial charge on any atom is -0.335 e. The minimum atomic E-state index is -0.187. The quantitative estimate of drug-likeness (QED) is 0.622. The second kappa shape index (κ2) is 7.68. The number of para-hydroxylation sites is 1. The Labute approximate surface area is 174 Å². The number of aryl methyl sites for hydroxylation is 1. The number of hydrogen-bond acceptors (Lipinski definition) is 4. The molecule has 0 N–H and O–H groups in total. The highest BCUT2D eigenvalue weighted by molar-refractivity contribution is 8.09. The zero-order chi connectivity index (χ0) is 19.8.